The second-order valence-corrected chi connectivity index (χ2v) is 3.71. The monoisotopic (exact) mass is 214 g/mol. The van der Waals surface area contributed by atoms with Gasteiger partial charge in [0.15, 0.2) is 0 Å². The van der Waals surface area contributed by atoms with Crippen molar-refractivity contribution in [3.05, 3.63) is 23.8 Å². The van der Waals surface area contributed by atoms with Gasteiger partial charge in [-0.1, -0.05) is 0 Å². The van der Waals surface area contributed by atoms with Crippen LogP contribution in [-0.2, 0) is 0 Å². The molecule has 0 saturated carbocycles. The van der Waals surface area contributed by atoms with Gasteiger partial charge in [0.25, 0.3) is 0 Å². The molecule has 0 saturated heterocycles. The van der Waals surface area contributed by atoms with Crippen molar-refractivity contribution in [2.45, 2.75) is 19.4 Å². The molecule has 0 aromatic heterocycles. The predicted molar refractivity (Wildman–Crippen MR) is 63.7 cm³/mol. The van der Waals surface area contributed by atoms with Crippen LogP contribution in [0, 0.1) is 22.7 Å². The van der Waals surface area contributed by atoms with E-state index in [-0.39, 0.29) is 6.04 Å². The maximum Gasteiger partial charge on any atom is 0.101 e. The number of nitriles is 2. The number of hydrogen-bond acceptors (Lipinski definition) is 4. The molecule has 0 aliphatic rings. The molecule has 1 rings (SSSR count). The zero-order valence-corrected chi connectivity index (χ0v) is 9.44. The van der Waals surface area contributed by atoms with Crippen LogP contribution in [0.15, 0.2) is 18.2 Å². The first-order chi connectivity index (χ1) is 7.60. The Bertz CT molecular complexity index is 453. The summed E-state index contributed by atoms with van der Waals surface area (Å²) in [7, 11) is 1.87. The normalized spacial score (nSPS) is 11.2. The fourth-order valence-electron chi connectivity index (χ4n) is 1.46. The number of nitrogen functional groups attached to an aromatic ring is 1. The Morgan fingerprint density at radius 2 is 2.12 bits per heavy atom. The summed E-state index contributed by atoms with van der Waals surface area (Å²) in [5.74, 6) is 0. The highest BCUT2D eigenvalue weighted by Gasteiger charge is 2.13. The molecule has 4 nitrogen and oxygen atoms in total. The molecule has 0 amide bonds. The van der Waals surface area contributed by atoms with Crippen molar-refractivity contribution in [3.8, 4) is 12.1 Å². The lowest BCUT2D eigenvalue weighted by Gasteiger charge is -2.26. The third-order valence-corrected chi connectivity index (χ3v) is 2.57. The van der Waals surface area contributed by atoms with E-state index in [9.17, 15) is 0 Å². The van der Waals surface area contributed by atoms with E-state index >= 15 is 0 Å². The molecule has 0 heterocycles. The quantitative estimate of drug-likeness (QED) is 0.779. The van der Waals surface area contributed by atoms with Gasteiger partial charge >= 0.3 is 0 Å². The van der Waals surface area contributed by atoms with Crippen LogP contribution in [-0.4, -0.2) is 13.1 Å². The first-order valence-corrected chi connectivity index (χ1v) is 4.99. The third kappa shape index (κ3) is 2.43. The lowest BCUT2D eigenvalue weighted by molar-refractivity contribution is 0.702. The van der Waals surface area contributed by atoms with Gasteiger partial charge in [0.2, 0.25) is 0 Å². The average Bonchev–Trinajstić information content (AvgIpc) is 2.28. The molecule has 0 bridgehead atoms. The van der Waals surface area contributed by atoms with Crippen molar-refractivity contribution in [3.63, 3.8) is 0 Å². The van der Waals surface area contributed by atoms with Crippen LogP contribution in [0.3, 0.4) is 0 Å². The largest absolute Gasteiger partial charge is 0.399 e. The molecular formula is C12H14N4. The number of nitrogens with zero attached hydrogens (tertiary/aromatic N) is 3. The van der Waals surface area contributed by atoms with Gasteiger partial charge in [-0.25, -0.2) is 0 Å². The van der Waals surface area contributed by atoms with E-state index < -0.39 is 0 Å². The number of rotatable bonds is 3. The molecule has 0 fully saturated rings. The summed E-state index contributed by atoms with van der Waals surface area (Å²) in [6, 6.07) is 9.50. The highest BCUT2D eigenvalue weighted by atomic mass is 15.1. The van der Waals surface area contributed by atoms with Gasteiger partial charge in [-0.2, -0.15) is 10.5 Å². The molecule has 1 aromatic carbocycles. The van der Waals surface area contributed by atoms with Crippen LogP contribution in [0.1, 0.15) is 18.9 Å². The van der Waals surface area contributed by atoms with Crippen molar-refractivity contribution in [2.75, 3.05) is 17.7 Å². The molecule has 1 aromatic rings. The molecule has 0 spiro atoms. The molecule has 1 atom stereocenters. The standard InChI is InChI=1S/C12H14N4/c1-9(5-6-13)16(2)12-4-3-11(15)7-10(12)8-14/h3-4,7,9H,5,15H2,1-2H3. The third-order valence-electron chi connectivity index (χ3n) is 2.57. The maximum absolute atomic E-state index is 9.01. The molecule has 2 N–H and O–H groups in total. The highest BCUT2D eigenvalue weighted by molar-refractivity contribution is 5.64. The van der Waals surface area contributed by atoms with Crippen LogP contribution in [0.4, 0.5) is 11.4 Å². The summed E-state index contributed by atoms with van der Waals surface area (Å²) in [6.07, 6.45) is 0.422. The Hall–Kier alpha value is -2.20. The second kappa shape index (κ2) is 5.04. The molecule has 4 heteroatoms. The summed E-state index contributed by atoms with van der Waals surface area (Å²) in [4.78, 5) is 1.92. The minimum absolute atomic E-state index is 0.0701. The van der Waals surface area contributed by atoms with E-state index in [1.165, 1.54) is 0 Å². The molecule has 0 aliphatic carbocycles. The van der Waals surface area contributed by atoms with Gasteiger partial charge in [-0.15, -0.1) is 0 Å². The smallest absolute Gasteiger partial charge is 0.101 e. The zero-order valence-electron chi connectivity index (χ0n) is 9.44. The molecule has 1 unspecified atom stereocenters. The highest BCUT2D eigenvalue weighted by Crippen LogP contribution is 2.23. The average molecular weight is 214 g/mol. The molecule has 0 aliphatic heterocycles. The Morgan fingerprint density at radius 1 is 1.44 bits per heavy atom. The molecule has 16 heavy (non-hydrogen) atoms. The Morgan fingerprint density at radius 3 is 2.69 bits per heavy atom. The van der Waals surface area contributed by atoms with Crippen LogP contribution in [0.2, 0.25) is 0 Å². The van der Waals surface area contributed by atoms with E-state index in [2.05, 4.69) is 12.1 Å². The van der Waals surface area contributed by atoms with Gasteiger partial charge in [0, 0.05) is 18.8 Å². The fourth-order valence-corrected chi connectivity index (χ4v) is 1.46. The van der Waals surface area contributed by atoms with Crippen LogP contribution < -0.4 is 10.6 Å². The first-order valence-electron chi connectivity index (χ1n) is 4.99. The second-order valence-electron chi connectivity index (χ2n) is 3.71. The van der Waals surface area contributed by atoms with Crippen molar-refractivity contribution in [2.24, 2.45) is 0 Å². The van der Waals surface area contributed by atoms with Crippen molar-refractivity contribution >= 4 is 11.4 Å². The molecule has 0 radical (unpaired) electrons. The van der Waals surface area contributed by atoms with Crippen LogP contribution in [0.25, 0.3) is 0 Å². The van der Waals surface area contributed by atoms with Gasteiger partial charge in [0.1, 0.15) is 6.07 Å². The minimum atomic E-state index is 0.0701. The van der Waals surface area contributed by atoms with E-state index in [0.29, 0.717) is 17.7 Å². The Kier molecular flexibility index (Phi) is 3.74. The summed E-state index contributed by atoms with van der Waals surface area (Å²) < 4.78 is 0. The van der Waals surface area contributed by atoms with Gasteiger partial charge in [0.05, 0.1) is 23.7 Å². The SMILES string of the molecule is CC(CC#N)N(C)c1ccc(N)cc1C#N. The van der Waals surface area contributed by atoms with Crippen LogP contribution >= 0.6 is 0 Å². The summed E-state index contributed by atoms with van der Waals surface area (Å²) in [5, 5.41) is 17.6. The summed E-state index contributed by atoms with van der Waals surface area (Å²) in [6.45, 7) is 1.95. The van der Waals surface area contributed by atoms with Gasteiger partial charge in [-0.05, 0) is 25.1 Å². The zero-order chi connectivity index (χ0) is 12.1. The Labute approximate surface area is 95.5 Å². The first kappa shape index (κ1) is 11.9. The van der Waals surface area contributed by atoms with E-state index in [1.807, 2.05) is 24.9 Å². The Balaban J connectivity index is 3.05. The molecule has 82 valence electrons. The number of benzene rings is 1. The fraction of sp³-hybridized carbons (Fsp3) is 0.333. The number of hydrogen-bond donors (Lipinski definition) is 1. The van der Waals surface area contributed by atoms with E-state index in [1.54, 1.807) is 12.1 Å². The van der Waals surface area contributed by atoms with E-state index in [0.717, 1.165) is 5.69 Å². The van der Waals surface area contributed by atoms with Crippen LogP contribution in [0.5, 0.6) is 0 Å². The van der Waals surface area contributed by atoms with E-state index in [4.69, 9.17) is 16.3 Å². The molecular weight excluding hydrogens is 200 g/mol. The summed E-state index contributed by atoms with van der Waals surface area (Å²) >= 11 is 0. The van der Waals surface area contributed by atoms with Gasteiger partial charge < -0.3 is 10.6 Å². The van der Waals surface area contributed by atoms with Gasteiger partial charge in [-0.3, -0.25) is 0 Å². The lowest BCUT2D eigenvalue weighted by atomic mass is 10.1. The topological polar surface area (TPSA) is 76.8 Å². The predicted octanol–water partition coefficient (Wildman–Crippen LogP) is 1.88. The maximum atomic E-state index is 9.01. The minimum Gasteiger partial charge on any atom is -0.399 e. The van der Waals surface area contributed by atoms with Crippen molar-refractivity contribution < 1.29 is 0 Å². The number of anilines is 2. The van der Waals surface area contributed by atoms with Crippen molar-refractivity contribution in [1.29, 1.82) is 10.5 Å². The summed E-state index contributed by atoms with van der Waals surface area (Å²) in [5.41, 5.74) is 7.53. The lowest BCUT2D eigenvalue weighted by Crippen LogP contribution is -2.29. The van der Waals surface area contributed by atoms with Crippen molar-refractivity contribution in [1.82, 2.24) is 0 Å². The number of nitrogens with two attached hydrogens (primary N) is 1.